The summed E-state index contributed by atoms with van der Waals surface area (Å²) in [6.07, 6.45) is 20.3. The molecule has 0 heterocycles. The van der Waals surface area contributed by atoms with Gasteiger partial charge in [-0.25, -0.2) is 0 Å². The van der Waals surface area contributed by atoms with Gasteiger partial charge in [-0.1, -0.05) is 103 Å². The van der Waals surface area contributed by atoms with Gasteiger partial charge >= 0.3 is 0 Å². The smallest absolute Gasteiger partial charge is 0.298 e. The van der Waals surface area contributed by atoms with Crippen molar-refractivity contribution in [2.24, 2.45) is 0 Å². The average molecular weight is 482 g/mol. The number of phenolic OH excluding ortho intramolecular Hbond substituents is 2. The maximum atomic E-state index is 11.5. The van der Waals surface area contributed by atoms with E-state index >= 15 is 0 Å². The van der Waals surface area contributed by atoms with Gasteiger partial charge < -0.3 is 10.2 Å². The van der Waals surface area contributed by atoms with E-state index in [4.69, 9.17) is 0 Å². The van der Waals surface area contributed by atoms with E-state index in [1.807, 2.05) is 0 Å². The van der Waals surface area contributed by atoms with Crippen LogP contribution in [0.5, 0.6) is 11.5 Å². The minimum absolute atomic E-state index is 0. The first-order valence-corrected chi connectivity index (χ1v) is 13.3. The monoisotopic (exact) mass is 481 g/mol. The molecule has 0 aromatic heterocycles. The fourth-order valence-electron chi connectivity index (χ4n) is 3.98. The summed E-state index contributed by atoms with van der Waals surface area (Å²) in [6.45, 7) is 2.25. The number of hydrogen-bond acceptors (Lipinski definition) is 4. The molecule has 1 radical (unpaired) electrons. The molecule has 31 heavy (non-hydrogen) atoms. The van der Waals surface area contributed by atoms with Crippen molar-refractivity contribution in [1.82, 2.24) is 0 Å². The summed E-state index contributed by atoms with van der Waals surface area (Å²) < 4.78 is 32.3. The van der Waals surface area contributed by atoms with Crippen molar-refractivity contribution < 1.29 is 23.2 Å². The SMILES string of the molecule is CCCCCCCCCCCCCCCCCCc1c(O)ccc(O)c1S(=O)(=O)O.[K]. The Morgan fingerprint density at radius 2 is 1.00 bits per heavy atom. The van der Waals surface area contributed by atoms with Crippen LogP contribution >= 0.6 is 0 Å². The standard InChI is InChI=1S/C24H42O5S.K/c1-2-3-4-5-6-7-8-9-10-11-12-13-14-15-16-17-18-21-22(25)19-20-23(26)24(21)30(27,28)29;/h19-20,25-26H,2-18H2,1H3,(H,27,28,29);. The Labute approximate surface area is 232 Å². The summed E-state index contributed by atoms with van der Waals surface area (Å²) in [6, 6.07) is 2.33. The van der Waals surface area contributed by atoms with Crippen LogP contribution < -0.4 is 0 Å². The zero-order valence-corrected chi connectivity index (χ0v) is 23.7. The number of benzene rings is 1. The number of phenols is 2. The molecule has 0 saturated carbocycles. The first-order valence-electron chi connectivity index (χ1n) is 11.9. The summed E-state index contributed by atoms with van der Waals surface area (Å²) in [5, 5.41) is 19.7. The number of aromatic hydroxyl groups is 2. The molecule has 1 aromatic carbocycles. The summed E-state index contributed by atoms with van der Waals surface area (Å²) in [7, 11) is -4.57. The van der Waals surface area contributed by atoms with E-state index < -0.39 is 20.8 Å². The first kappa shape index (κ1) is 31.4. The van der Waals surface area contributed by atoms with Crippen LogP contribution in [0, 0.1) is 0 Å². The topological polar surface area (TPSA) is 94.8 Å². The predicted octanol–water partition coefficient (Wildman–Crippen LogP) is 6.77. The van der Waals surface area contributed by atoms with E-state index in [-0.39, 0.29) is 62.7 Å². The van der Waals surface area contributed by atoms with Crippen LogP contribution in [0.4, 0.5) is 0 Å². The van der Waals surface area contributed by atoms with Crippen LogP contribution in [-0.2, 0) is 16.5 Å². The van der Waals surface area contributed by atoms with Gasteiger partial charge in [-0.15, -0.1) is 0 Å². The molecule has 0 aliphatic carbocycles. The van der Waals surface area contributed by atoms with Gasteiger partial charge in [0.25, 0.3) is 10.1 Å². The second kappa shape index (κ2) is 18.8. The number of hydrogen-bond donors (Lipinski definition) is 3. The Morgan fingerprint density at radius 1 is 0.645 bits per heavy atom. The summed E-state index contributed by atoms with van der Waals surface area (Å²) in [5.74, 6) is -0.733. The fourth-order valence-corrected chi connectivity index (χ4v) is 4.83. The molecule has 0 saturated heterocycles. The van der Waals surface area contributed by atoms with E-state index in [1.54, 1.807) is 0 Å². The average Bonchev–Trinajstić information content (AvgIpc) is 2.69. The predicted molar refractivity (Wildman–Crippen MR) is 129 cm³/mol. The van der Waals surface area contributed by atoms with Crippen molar-refractivity contribution >= 4 is 61.5 Å². The van der Waals surface area contributed by atoms with E-state index in [0.29, 0.717) is 12.8 Å². The van der Waals surface area contributed by atoms with E-state index in [2.05, 4.69) is 6.92 Å². The zero-order chi connectivity index (χ0) is 22.2. The fraction of sp³-hybridized carbons (Fsp3) is 0.750. The molecule has 3 N–H and O–H groups in total. The molecule has 0 unspecified atom stereocenters. The maximum absolute atomic E-state index is 11.5. The van der Waals surface area contributed by atoms with Crippen molar-refractivity contribution in [2.75, 3.05) is 0 Å². The third-order valence-electron chi connectivity index (χ3n) is 5.75. The van der Waals surface area contributed by atoms with Gasteiger partial charge in [0, 0.05) is 56.9 Å². The van der Waals surface area contributed by atoms with Crippen LogP contribution in [0.15, 0.2) is 17.0 Å². The molecule has 0 amide bonds. The summed E-state index contributed by atoms with van der Waals surface area (Å²) in [4.78, 5) is -0.566. The number of unbranched alkanes of at least 4 members (excludes halogenated alkanes) is 15. The maximum Gasteiger partial charge on any atom is 0.298 e. The molecule has 7 heteroatoms. The largest absolute Gasteiger partial charge is 0.508 e. The van der Waals surface area contributed by atoms with Gasteiger partial charge in [0.15, 0.2) is 0 Å². The molecule has 5 nitrogen and oxygen atoms in total. The minimum Gasteiger partial charge on any atom is -0.508 e. The molecule has 175 valence electrons. The van der Waals surface area contributed by atoms with Crippen molar-refractivity contribution in [1.29, 1.82) is 0 Å². The molecule has 1 rings (SSSR count). The van der Waals surface area contributed by atoms with Crippen molar-refractivity contribution in [3.63, 3.8) is 0 Å². The molecular formula is C24H42KO5S. The van der Waals surface area contributed by atoms with Crippen molar-refractivity contribution in [2.45, 2.75) is 121 Å². The molecule has 0 aliphatic heterocycles. The Kier molecular flexibility index (Phi) is 19.0. The number of rotatable bonds is 18. The molecule has 0 spiro atoms. The van der Waals surface area contributed by atoms with Crippen LogP contribution in [0.3, 0.4) is 0 Å². The molecule has 0 fully saturated rings. The Bertz CT molecular complexity index is 691. The third kappa shape index (κ3) is 14.3. The van der Waals surface area contributed by atoms with Crippen LogP contribution in [0.2, 0.25) is 0 Å². The molecule has 0 atom stereocenters. The second-order valence-electron chi connectivity index (χ2n) is 8.44. The van der Waals surface area contributed by atoms with Crippen LogP contribution in [-0.4, -0.2) is 74.6 Å². The van der Waals surface area contributed by atoms with Gasteiger partial charge in [0.05, 0.1) is 0 Å². The first-order chi connectivity index (χ1) is 14.4. The van der Waals surface area contributed by atoms with Gasteiger partial charge in [0.2, 0.25) is 0 Å². The van der Waals surface area contributed by atoms with E-state index in [1.165, 1.54) is 83.1 Å². The summed E-state index contributed by atoms with van der Waals surface area (Å²) >= 11 is 0. The zero-order valence-electron chi connectivity index (χ0n) is 19.7. The molecule has 1 aromatic rings. The van der Waals surface area contributed by atoms with Crippen LogP contribution in [0.1, 0.15) is 115 Å². The Balaban J connectivity index is 0.00000900. The van der Waals surface area contributed by atoms with Gasteiger partial charge in [-0.2, -0.15) is 8.42 Å². The quantitative estimate of drug-likeness (QED) is 0.0931. The van der Waals surface area contributed by atoms with Gasteiger partial charge in [-0.05, 0) is 25.0 Å². The minimum atomic E-state index is -4.57. The van der Waals surface area contributed by atoms with E-state index in [0.717, 1.165) is 25.3 Å². The summed E-state index contributed by atoms with van der Waals surface area (Å²) in [5.41, 5.74) is 0.0999. The second-order valence-corrected chi connectivity index (χ2v) is 9.80. The van der Waals surface area contributed by atoms with Crippen molar-refractivity contribution in [3.05, 3.63) is 17.7 Å². The van der Waals surface area contributed by atoms with Gasteiger partial charge in [0.1, 0.15) is 16.4 Å². The Morgan fingerprint density at radius 3 is 1.39 bits per heavy atom. The van der Waals surface area contributed by atoms with Gasteiger partial charge in [-0.3, -0.25) is 4.55 Å². The van der Waals surface area contributed by atoms with Crippen molar-refractivity contribution in [3.8, 4) is 11.5 Å². The van der Waals surface area contributed by atoms with E-state index in [9.17, 15) is 23.2 Å². The Hall–Kier alpha value is 0.366. The molecular weight excluding hydrogens is 439 g/mol. The normalized spacial score (nSPS) is 11.4. The molecule has 0 aliphatic rings. The molecule has 0 bridgehead atoms. The van der Waals surface area contributed by atoms with Crippen LogP contribution in [0.25, 0.3) is 0 Å². The third-order valence-corrected chi connectivity index (χ3v) is 6.72.